The monoisotopic (exact) mass is 249 g/mol. The molecule has 0 bridgehead atoms. The minimum Gasteiger partial charge on any atom is -0.317 e. The van der Waals surface area contributed by atoms with Gasteiger partial charge in [0.1, 0.15) is 0 Å². The summed E-state index contributed by atoms with van der Waals surface area (Å²) in [5, 5.41) is 3.29. The first-order chi connectivity index (χ1) is 7.60. The van der Waals surface area contributed by atoms with E-state index in [0.717, 1.165) is 32.4 Å². The molecule has 0 aromatic rings. The smallest absolute Gasteiger partial charge is 0.279 e. The third-order valence-corrected chi connectivity index (χ3v) is 4.52. The summed E-state index contributed by atoms with van der Waals surface area (Å²) in [5.41, 5.74) is 0. The van der Waals surface area contributed by atoms with Gasteiger partial charge in [-0.3, -0.25) is 0 Å². The standard InChI is InChI=1S/C10H23N3O2S/c1-3-8-13(16(14,15)11-2)9-10-4-6-12-7-5-10/h10-12H,3-9H2,1-2H3. The fraction of sp³-hybridized carbons (Fsp3) is 1.00. The molecule has 0 aromatic carbocycles. The second-order valence-corrected chi connectivity index (χ2v) is 6.14. The Balaban J connectivity index is 2.56. The minimum absolute atomic E-state index is 0.496. The van der Waals surface area contributed by atoms with Gasteiger partial charge in [-0.2, -0.15) is 12.7 Å². The molecule has 96 valence electrons. The van der Waals surface area contributed by atoms with E-state index in [-0.39, 0.29) is 0 Å². The van der Waals surface area contributed by atoms with Crippen LogP contribution >= 0.6 is 0 Å². The van der Waals surface area contributed by atoms with E-state index >= 15 is 0 Å². The Morgan fingerprint density at radius 2 is 2.00 bits per heavy atom. The number of piperidine rings is 1. The second-order valence-electron chi connectivity index (χ2n) is 4.26. The highest BCUT2D eigenvalue weighted by atomic mass is 32.2. The molecule has 1 rings (SSSR count). The Labute approximate surface area is 98.8 Å². The van der Waals surface area contributed by atoms with E-state index in [9.17, 15) is 8.42 Å². The maximum absolute atomic E-state index is 11.8. The molecule has 1 aliphatic heterocycles. The lowest BCUT2D eigenvalue weighted by atomic mass is 9.98. The first-order valence-corrected chi connectivity index (χ1v) is 7.43. The predicted octanol–water partition coefficient (Wildman–Crippen LogP) is 0.162. The third kappa shape index (κ3) is 4.01. The van der Waals surface area contributed by atoms with Crippen LogP contribution in [0.1, 0.15) is 26.2 Å². The van der Waals surface area contributed by atoms with Crippen LogP contribution in [-0.2, 0) is 10.2 Å². The second kappa shape index (κ2) is 6.54. The van der Waals surface area contributed by atoms with Crippen LogP contribution in [0.2, 0.25) is 0 Å². The predicted molar refractivity (Wildman–Crippen MR) is 65.4 cm³/mol. The third-order valence-electron chi connectivity index (χ3n) is 2.99. The Morgan fingerprint density at radius 1 is 1.38 bits per heavy atom. The van der Waals surface area contributed by atoms with Gasteiger partial charge in [0, 0.05) is 20.1 Å². The zero-order valence-corrected chi connectivity index (χ0v) is 11.0. The zero-order valence-electron chi connectivity index (χ0n) is 10.2. The summed E-state index contributed by atoms with van der Waals surface area (Å²) >= 11 is 0. The van der Waals surface area contributed by atoms with Crippen LogP contribution in [0.4, 0.5) is 0 Å². The highest BCUT2D eigenvalue weighted by Gasteiger charge is 2.24. The van der Waals surface area contributed by atoms with E-state index in [1.54, 1.807) is 4.31 Å². The van der Waals surface area contributed by atoms with Gasteiger partial charge in [-0.15, -0.1) is 0 Å². The van der Waals surface area contributed by atoms with E-state index in [1.807, 2.05) is 6.92 Å². The number of nitrogens with zero attached hydrogens (tertiary/aromatic N) is 1. The lowest BCUT2D eigenvalue weighted by molar-refractivity contribution is 0.286. The summed E-state index contributed by atoms with van der Waals surface area (Å²) in [6.45, 7) is 5.26. The molecule has 6 heteroatoms. The molecule has 1 saturated heterocycles. The summed E-state index contributed by atoms with van der Waals surface area (Å²) in [6, 6.07) is 0. The van der Waals surface area contributed by atoms with Crippen molar-refractivity contribution in [2.75, 3.05) is 33.2 Å². The summed E-state index contributed by atoms with van der Waals surface area (Å²) in [5.74, 6) is 0.496. The zero-order chi connectivity index (χ0) is 12.0. The topological polar surface area (TPSA) is 61.4 Å². The van der Waals surface area contributed by atoms with Crippen molar-refractivity contribution in [3.05, 3.63) is 0 Å². The number of hydrogen-bond acceptors (Lipinski definition) is 3. The Kier molecular flexibility index (Phi) is 5.68. The first-order valence-electron chi connectivity index (χ1n) is 5.99. The molecule has 0 aromatic heterocycles. The molecule has 1 aliphatic rings. The van der Waals surface area contributed by atoms with Gasteiger partial charge in [0.05, 0.1) is 0 Å². The van der Waals surface area contributed by atoms with Crippen molar-refractivity contribution in [3.63, 3.8) is 0 Å². The molecule has 0 atom stereocenters. The SMILES string of the molecule is CCCN(CC1CCNCC1)S(=O)(=O)NC. The van der Waals surface area contributed by atoms with Gasteiger partial charge in [0.15, 0.2) is 0 Å². The van der Waals surface area contributed by atoms with Gasteiger partial charge in [-0.05, 0) is 38.3 Å². The fourth-order valence-corrected chi connectivity index (χ4v) is 3.13. The van der Waals surface area contributed by atoms with Crippen molar-refractivity contribution in [2.24, 2.45) is 5.92 Å². The van der Waals surface area contributed by atoms with Crippen LogP contribution < -0.4 is 10.0 Å². The van der Waals surface area contributed by atoms with Crippen LogP contribution in [0.5, 0.6) is 0 Å². The largest absolute Gasteiger partial charge is 0.317 e. The molecule has 0 saturated carbocycles. The molecule has 0 amide bonds. The first kappa shape index (κ1) is 13.9. The van der Waals surface area contributed by atoms with Crippen molar-refractivity contribution in [3.8, 4) is 0 Å². The molecule has 5 nitrogen and oxygen atoms in total. The van der Waals surface area contributed by atoms with Crippen LogP contribution in [0.15, 0.2) is 0 Å². The summed E-state index contributed by atoms with van der Waals surface area (Å²) < 4.78 is 27.5. The molecule has 16 heavy (non-hydrogen) atoms. The number of hydrogen-bond donors (Lipinski definition) is 2. The average molecular weight is 249 g/mol. The molecular formula is C10H23N3O2S. The van der Waals surface area contributed by atoms with Crippen LogP contribution in [-0.4, -0.2) is 45.9 Å². The molecule has 0 aliphatic carbocycles. The van der Waals surface area contributed by atoms with E-state index in [2.05, 4.69) is 10.0 Å². The molecule has 0 unspecified atom stereocenters. The van der Waals surface area contributed by atoms with Crippen molar-refractivity contribution in [1.29, 1.82) is 0 Å². The Bertz CT molecular complexity index is 286. The van der Waals surface area contributed by atoms with Crippen molar-refractivity contribution in [1.82, 2.24) is 14.3 Å². The summed E-state index contributed by atoms with van der Waals surface area (Å²) in [7, 11) is -1.79. The van der Waals surface area contributed by atoms with Gasteiger partial charge >= 0.3 is 0 Å². The van der Waals surface area contributed by atoms with E-state index in [0.29, 0.717) is 19.0 Å². The molecular weight excluding hydrogens is 226 g/mol. The molecule has 0 radical (unpaired) electrons. The van der Waals surface area contributed by atoms with E-state index < -0.39 is 10.2 Å². The van der Waals surface area contributed by atoms with Crippen molar-refractivity contribution < 1.29 is 8.42 Å². The lowest BCUT2D eigenvalue weighted by Gasteiger charge is -2.28. The van der Waals surface area contributed by atoms with Crippen LogP contribution in [0, 0.1) is 5.92 Å². The fourth-order valence-electron chi connectivity index (χ4n) is 2.04. The maximum atomic E-state index is 11.8. The number of nitrogens with one attached hydrogen (secondary N) is 2. The van der Waals surface area contributed by atoms with Gasteiger partial charge < -0.3 is 5.32 Å². The molecule has 1 fully saturated rings. The van der Waals surface area contributed by atoms with Crippen LogP contribution in [0.25, 0.3) is 0 Å². The average Bonchev–Trinajstić information content (AvgIpc) is 2.30. The summed E-state index contributed by atoms with van der Waals surface area (Å²) in [6.07, 6.45) is 2.99. The van der Waals surface area contributed by atoms with E-state index in [1.165, 1.54) is 7.05 Å². The molecule has 1 heterocycles. The van der Waals surface area contributed by atoms with Gasteiger partial charge in [-0.25, -0.2) is 4.72 Å². The van der Waals surface area contributed by atoms with E-state index in [4.69, 9.17) is 0 Å². The van der Waals surface area contributed by atoms with Gasteiger partial charge in [0.25, 0.3) is 10.2 Å². The van der Waals surface area contributed by atoms with Gasteiger partial charge in [0.2, 0.25) is 0 Å². The molecule has 0 spiro atoms. The van der Waals surface area contributed by atoms with Crippen molar-refractivity contribution >= 4 is 10.2 Å². The maximum Gasteiger partial charge on any atom is 0.279 e. The van der Waals surface area contributed by atoms with Crippen LogP contribution in [0.3, 0.4) is 0 Å². The van der Waals surface area contributed by atoms with Gasteiger partial charge in [-0.1, -0.05) is 6.92 Å². The Hall–Kier alpha value is -0.170. The normalized spacial score (nSPS) is 19.2. The Morgan fingerprint density at radius 3 is 2.50 bits per heavy atom. The highest BCUT2D eigenvalue weighted by molar-refractivity contribution is 7.87. The quantitative estimate of drug-likeness (QED) is 0.705. The lowest BCUT2D eigenvalue weighted by Crippen LogP contribution is -2.44. The minimum atomic E-state index is -3.26. The number of rotatable bonds is 6. The van der Waals surface area contributed by atoms with Crippen molar-refractivity contribution in [2.45, 2.75) is 26.2 Å². The summed E-state index contributed by atoms with van der Waals surface area (Å²) in [4.78, 5) is 0. The molecule has 2 N–H and O–H groups in total. The highest BCUT2D eigenvalue weighted by Crippen LogP contribution is 2.15.